The van der Waals surface area contributed by atoms with Crippen LogP contribution in [-0.2, 0) is 5.41 Å². The summed E-state index contributed by atoms with van der Waals surface area (Å²) < 4.78 is 0. The molecule has 0 unspecified atom stereocenters. The molecule has 2 aliphatic rings. The fourth-order valence-electron chi connectivity index (χ4n) is 3.36. The minimum Gasteiger partial charge on any atom is -0.371 e. The lowest BCUT2D eigenvalue weighted by Crippen LogP contribution is -2.43. The van der Waals surface area contributed by atoms with Gasteiger partial charge in [-0.1, -0.05) is 11.6 Å². The topological polar surface area (TPSA) is 15.3 Å². The molecule has 3 rings (SSSR count). The van der Waals surface area contributed by atoms with E-state index in [0.717, 1.165) is 24.7 Å². The van der Waals surface area contributed by atoms with Crippen molar-refractivity contribution in [1.82, 2.24) is 5.32 Å². The summed E-state index contributed by atoms with van der Waals surface area (Å²) >= 11 is 6.18. The van der Waals surface area contributed by atoms with E-state index in [2.05, 4.69) is 29.3 Å². The molecule has 1 saturated heterocycles. The van der Waals surface area contributed by atoms with Crippen LogP contribution in [0.3, 0.4) is 0 Å². The van der Waals surface area contributed by atoms with Gasteiger partial charge in [-0.05, 0) is 56.6 Å². The van der Waals surface area contributed by atoms with Gasteiger partial charge in [-0.3, -0.25) is 0 Å². The van der Waals surface area contributed by atoms with Crippen molar-refractivity contribution in [2.45, 2.75) is 25.2 Å². The van der Waals surface area contributed by atoms with Crippen molar-refractivity contribution in [2.24, 2.45) is 0 Å². The van der Waals surface area contributed by atoms with Crippen molar-refractivity contribution in [1.29, 1.82) is 0 Å². The Morgan fingerprint density at radius 1 is 1.35 bits per heavy atom. The number of anilines is 1. The second-order valence-electron chi connectivity index (χ2n) is 5.21. The third-order valence-electron chi connectivity index (χ3n) is 4.31. The molecule has 1 spiro atoms. The number of nitrogens with one attached hydrogen (secondary N) is 1. The Hall–Kier alpha value is -0.730. The Balaban J connectivity index is 2.07. The summed E-state index contributed by atoms with van der Waals surface area (Å²) in [6.07, 6.45) is 2.47. The third kappa shape index (κ3) is 1.74. The van der Waals surface area contributed by atoms with Crippen LogP contribution in [0.1, 0.15) is 25.3 Å². The molecule has 0 aliphatic carbocycles. The van der Waals surface area contributed by atoms with Gasteiger partial charge in [0, 0.05) is 29.2 Å². The van der Waals surface area contributed by atoms with Crippen molar-refractivity contribution >= 4 is 17.3 Å². The smallest absolute Gasteiger partial charge is 0.0410 e. The molecule has 92 valence electrons. The highest BCUT2D eigenvalue weighted by molar-refractivity contribution is 6.30. The third-order valence-corrected chi connectivity index (χ3v) is 4.54. The van der Waals surface area contributed by atoms with E-state index in [1.165, 1.54) is 30.6 Å². The number of hydrogen-bond donors (Lipinski definition) is 1. The first-order chi connectivity index (χ1) is 8.25. The van der Waals surface area contributed by atoms with Crippen LogP contribution in [0, 0.1) is 0 Å². The summed E-state index contributed by atoms with van der Waals surface area (Å²) in [5, 5.41) is 4.34. The SMILES string of the molecule is CCN1CC2(CCNCC2)c2cc(Cl)ccc21. The van der Waals surface area contributed by atoms with E-state index in [1.807, 2.05) is 6.07 Å². The van der Waals surface area contributed by atoms with E-state index < -0.39 is 0 Å². The molecule has 0 saturated carbocycles. The lowest BCUT2D eigenvalue weighted by molar-refractivity contribution is 0.326. The maximum atomic E-state index is 6.18. The molecule has 0 atom stereocenters. The van der Waals surface area contributed by atoms with Gasteiger partial charge in [-0.15, -0.1) is 0 Å². The van der Waals surface area contributed by atoms with Crippen LogP contribution < -0.4 is 10.2 Å². The number of rotatable bonds is 1. The molecule has 2 aliphatic heterocycles. The maximum absolute atomic E-state index is 6.18. The Kier molecular flexibility index (Phi) is 2.80. The van der Waals surface area contributed by atoms with Crippen molar-refractivity contribution in [3.8, 4) is 0 Å². The summed E-state index contributed by atoms with van der Waals surface area (Å²) in [7, 11) is 0. The fraction of sp³-hybridized carbons (Fsp3) is 0.571. The first-order valence-corrected chi connectivity index (χ1v) is 6.89. The molecule has 1 aromatic carbocycles. The summed E-state index contributed by atoms with van der Waals surface area (Å²) in [5.74, 6) is 0. The molecule has 1 N–H and O–H groups in total. The molecule has 0 radical (unpaired) electrons. The van der Waals surface area contributed by atoms with Gasteiger partial charge in [0.05, 0.1) is 0 Å². The maximum Gasteiger partial charge on any atom is 0.0410 e. The minimum atomic E-state index is 0.349. The normalized spacial score (nSPS) is 21.9. The van der Waals surface area contributed by atoms with Gasteiger partial charge in [0.2, 0.25) is 0 Å². The predicted molar refractivity (Wildman–Crippen MR) is 73.1 cm³/mol. The van der Waals surface area contributed by atoms with Crippen molar-refractivity contribution in [3.05, 3.63) is 28.8 Å². The Bertz CT molecular complexity index is 424. The zero-order valence-electron chi connectivity index (χ0n) is 10.3. The Morgan fingerprint density at radius 3 is 2.82 bits per heavy atom. The lowest BCUT2D eigenvalue weighted by atomic mass is 9.75. The highest BCUT2D eigenvalue weighted by Gasteiger charge is 2.42. The van der Waals surface area contributed by atoms with Crippen molar-refractivity contribution < 1.29 is 0 Å². The van der Waals surface area contributed by atoms with Crippen molar-refractivity contribution in [2.75, 3.05) is 31.1 Å². The number of benzene rings is 1. The molecule has 3 heteroatoms. The monoisotopic (exact) mass is 250 g/mol. The largest absolute Gasteiger partial charge is 0.371 e. The van der Waals surface area contributed by atoms with E-state index >= 15 is 0 Å². The van der Waals surface area contributed by atoms with Crippen LogP contribution in [0.15, 0.2) is 18.2 Å². The molecule has 2 heterocycles. The predicted octanol–water partition coefficient (Wildman–Crippen LogP) is 2.80. The van der Waals surface area contributed by atoms with E-state index in [1.54, 1.807) is 0 Å². The highest BCUT2D eigenvalue weighted by atomic mass is 35.5. The average molecular weight is 251 g/mol. The zero-order valence-corrected chi connectivity index (χ0v) is 11.1. The first-order valence-electron chi connectivity index (χ1n) is 6.51. The summed E-state index contributed by atoms with van der Waals surface area (Å²) in [5.41, 5.74) is 3.23. The fourth-order valence-corrected chi connectivity index (χ4v) is 3.53. The number of piperidine rings is 1. The lowest BCUT2D eigenvalue weighted by Gasteiger charge is -2.34. The highest BCUT2D eigenvalue weighted by Crippen LogP contribution is 2.46. The average Bonchev–Trinajstić information content (AvgIpc) is 2.64. The van der Waals surface area contributed by atoms with Gasteiger partial charge in [0.25, 0.3) is 0 Å². The number of hydrogen-bond acceptors (Lipinski definition) is 2. The van der Waals surface area contributed by atoms with E-state index in [-0.39, 0.29) is 0 Å². The molecule has 0 aromatic heterocycles. The van der Waals surface area contributed by atoms with Crippen molar-refractivity contribution in [3.63, 3.8) is 0 Å². The van der Waals surface area contributed by atoms with Gasteiger partial charge in [0.1, 0.15) is 0 Å². The molecular formula is C14H19ClN2. The van der Waals surface area contributed by atoms with Crippen LogP contribution in [-0.4, -0.2) is 26.2 Å². The molecule has 1 aromatic rings. The number of halogens is 1. The number of fused-ring (bicyclic) bond motifs is 2. The molecule has 17 heavy (non-hydrogen) atoms. The standard InChI is InChI=1S/C14H19ClN2/c1-2-17-10-14(5-7-16-8-6-14)12-9-11(15)3-4-13(12)17/h3-4,9,16H,2,5-8,10H2,1H3. The van der Waals surface area contributed by atoms with Crippen LogP contribution >= 0.6 is 11.6 Å². The molecular weight excluding hydrogens is 232 g/mol. The first kappa shape index (κ1) is 11.4. The number of nitrogens with zero attached hydrogens (tertiary/aromatic N) is 1. The van der Waals surface area contributed by atoms with E-state index in [9.17, 15) is 0 Å². The summed E-state index contributed by atoms with van der Waals surface area (Å²) in [6, 6.07) is 6.40. The van der Waals surface area contributed by atoms with Crippen LogP contribution in [0.25, 0.3) is 0 Å². The molecule has 2 nitrogen and oxygen atoms in total. The van der Waals surface area contributed by atoms with Gasteiger partial charge in [0.15, 0.2) is 0 Å². The Labute approximate surface area is 108 Å². The van der Waals surface area contributed by atoms with E-state index in [0.29, 0.717) is 5.41 Å². The molecule has 0 bridgehead atoms. The summed E-state index contributed by atoms with van der Waals surface area (Å²) in [4.78, 5) is 2.50. The van der Waals surface area contributed by atoms with Crippen LogP contribution in [0.2, 0.25) is 5.02 Å². The van der Waals surface area contributed by atoms with Gasteiger partial charge >= 0.3 is 0 Å². The second-order valence-corrected chi connectivity index (χ2v) is 5.64. The van der Waals surface area contributed by atoms with Crippen LogP contribution in [0.5, 0.6) is 0 Å². The summed E-state index contributed by atoms with van der Waals surface area (Å²) in [6.45, 7) is 6.75. The van der Waals surface area contributed by atoms with Gasteiger partial charge < -0.3 is 10.2 Å². The molecule has 1 fully saturated rings. The minimum absolute atomic E-state index is 0.349. The van der Waals surface area contributed by atoms with Crippen LogP contribution in [0.4, 0.5) is 5.69 Å². The second kappa shape index (κ2) is 4.18. The number of likely N-dealkylation sites (N-methyl/N-ethyl adjacent to an activating group) is 1. The Morgan fingerprint density at radius 2 is 2.12 bits per heavy atom. The molecule has 0 amide bonds. The van der Waals surface area contributed by atoms with Gasteiger partial charge in [-0.2, -0.15) is 0 Å². The quantitative estimate of drug-likeness (QED) is 0.825. The van der Waals surface area contributed by atoms with E-state index in [4.69, 9.17) is 11.6 Å². The zero-order chi connectivity index (χ0) is 11.9. The van der Waals surface area contributed by atoms with Gasteiger partial charge in [-0.25, -0.2) is 0 Å².